The number of ether oxygens (including phenoxy) is 1. The van der Waals surface area contributed by atoms with Gasteiger partial charge in [-0.05, 0) is 48.7 Å². The number of rotatable bonds is 5. The molecule has 2 aromatic carbocycles. The molecule has 0 aromatic heterocycles. The van der Waals surface area contributed by atoms with Crippen molar-refractivity contribution in [1.29, 1.82) is 0 Å². The minimum atomic E-state index is -0.444. The van der Waals surface area contributed by atoms with E-state index in [2.05, 4.69) is 5.32 Å². The second kappa shape index (κ2) is 6.00. The Balaban J connectivity index is 1.77. The van der Waals surface area contributed by atoms with E-state index in [0.717, 1.165) is 11.6 Å². The lowest BCUT2D eigenvalue weighted by Gasteiger charge is -2.10. The molecular weight excluding hydrogens is 296 g/mol. The number of hydrogen-bond donors (Lipinski definition) is 1. The summed E-state index contributed by atoms with van der Waals surface area (Å²) in [6.07, 6.45) is 2.34. The van der Waals surface area contributed by atoms with Crippen molar-refractivity contribution in [3.8, 4) is 11.5 Å². The summed E-state index contributed by atoms with van der Waals surface area (Å²) in [7, 11) is 0. The molecule has 110 valence electrons. The summed E-state index contributed by atoms with van der Waals surface area (Å²) in [5.74, 6) is -0.180. The van der Waals surface area contributed by atoms with Crippen molar-refractivity contribution in [3.63, 3.8) is 0 Å². The van der Waals surface area contributed by atoms with Gasteiger partial charge in [-0.25, -0.2) is 8.78 Å². The van der Waals surface area contributed by atoms with Crippen molar-refractivity contribution in [3.05, 3.63) is 58.6 Å². The van der Waals surface area contributed by atoms with Gasteiger partial charge in [0.05, 0.1) is 5.02 Å². The van der Waals surface area contributed by atoms with E-state index in [4.69, 9.17) is 16.3 Å². The molecule has 1 fully saturated rings. The quantitative estimate of drug-likeness (QED) is 0.867. The summed E-state index contributed by atoms with van der Waals surface area (Å²) in [6.45, 7) is 0.593. The fourth-order valence-electron chi connectivity index (χ4n) is 2.02. The number of hydrogen-bond acceptors (Lipinski definition) is 2. The Morgan fingerprint density at radius 2 is 1.90 bits per heavy atom. The van der Waals surface area contributed by atoms with Crippen molar-refractivity contribution >= 4 is 11.6 Å². The lowest BCUT2D eigenvalue weighted by molar-refractivity contribution is 0.473. The summed E-state index contributed by atoms with van der Waals surface area (Å²) >= 11 is 5.90. The van der Waals surface area contributed by atoms with Crippen molar-refractivity contribution < 1.29 is 13.5 Å². The van der Waals surface area contributed by atoms with E-state index in [9.17, 15) is 8.78 Å². The van der Waals surface area contributed by atoms with E-state index >= 15 is 0 Å². The van der Waals surface area contributed by atoms with Gasteiger partial charge in [-0.3, -0.25) is 0 Å². The molecule has 0 radical (unpaired) electrons. The van der Waals surface area contributed by atoms with Crippen LogP contribution in [0.15, 0.2) is 36.4 Å². The molecule has 5 heteroatoms. The van der Waals surface area contributed by atoms with Gasteiger partial charge < -0.3 is 10.1 Å². The topological polar surface area (TPSA) is 21.3 Å². The van der Waals surface area contributed by atoms with Gasteiger partial charge in [-0.15, -0.1) is 0 Å². The van der Waals surface area contributed by atoms with Crippen LogP contribution >= 0.6 is 11.6 Å². The molecule has 0 aliphatic heterocycles. The highest BCUT2D eigenvalue weighted by Crippen LogP contribution is 2.31. The second-order valence-corrected chi connectivity index (χ2v) is 5.53. The fourth-order valence-corrected chi connectivity index (χ4v) is 2.22. The molecule has 0 saturated heterocycles. The highest BCUT2D eigenvalue weighted by Gasteiger charge is 2.20. The van der Waals surface area contributed by atoms with Crippen LogP contribution in [0.1, 0.15) is 18.4 Å². The molecule has 2 aromatic rings. The fraction of sp³-hybridized carbons (Fsp3) is 0.250. The molecule has 0 bridgehead atoms. The molecule has 0 heterocycles. The summed E-state index contributed by atoms with van der Waals surface area (Å²) < 4.78 is 32.2. The predicted octanol–water partition coefficient (Wildman–Crippen LogP) is 4.66. The van der Waals surface area contributed by atoms with Crippen LogP contribution in [0.2, 0.25) is 5.02 Å². The van der Waals surface area contributed by atoms with E-state index < -0.39 is 5.82 Å². The van der Waals surface area contributed by atoms with Crippen LogP contribution < -0.4 is 10.1 Å². The first-order valence-corrected chi connectivity index (χ1v) is 7.14. The molecule has 1 N–H and O–H groups in total. The summed E-state index contributed by atoms with van der Waals surface area (Å²) in [5.41, 5.74) is 0.801. The van der Waals surface area contributed by atoms with E-state index in [1.165, 1.54) is 37.1 Å². The lowest BCUT2D eigenvalue weighted by atomic mass is 10.2. The van der Waals surface area contributed by atoms with Crippen LogP contribution in [0.25, 0.3) is 0 Å². The Hall–Kier alpha value is -1.65. The van der Waals surface area contributed by atoms with Gasteiger partial charge in [0.1, 0.15) is 23.1 Å². The Labute approximate surface area is 126 Å². The third kappa shape index (κ3) is 3.93. The Bertz CT molecular complexity index is 659. The van der Waals surface area contributed by atoms with E-state index in [-0.39, 0.29) is 10.8 Å². The number of nitrogens with one attached hydrogen (secondary N) is 1. The van der Waals surface area contributed by atoms with Crippen LogP contribution in [-0.2, 0) is 6.54 Å². The largest absolute Gasteiger partial charge is 0.456 e. The van der Waals surface area contributed by atoms with Crippen molar-refractivity contribution in [2.45, 2.75) is 25.4 Å². The zero-order chi connectivity index (χ0) is 14.8. The van der Waals surface area contributed by atoms with Crippen molar-refractivity contribution in [1.82, 2.24) is 5.32 Å². The SMILES string of the molecule is Fc1cc(CNC2CC2)cc(Oc2ccc(F)cc2Cl)c1. The zero-order valence-electron chi connectivity index (χ0n) is 11.2. The highest BCUT2D eigenvalue weighted by atomic mass is 35.5. The minimum Gasteiger partial charge on any atom is -0.456 e. The maximum absolute atomic E-state index is 13.6. The van der Waals surface area contributed by atoms with E-state index in [0.29, 0.717) is 24.1 Å². The molecule has 0 amide bonds. The molecule has 0 spiro atoms. The number of halogens is 3. The maximum atomic E-state index is 13.6. The van der Waals surface area contributed by atoms with Gasteiger partial charge in [0.25, 0.3) is 0 Å². The Kier molecular flexibility index (Phi) is 4.08. The van der Waals surface area contributed by atoms with E-state index in [1.807, 2.05) is 0 Å². The van der Waals surface area contributed by atoms with Crippen LogP contribution in [0.5, 0.6) is 11.5 Å². The summed E-state index contributed by atoms with van der Waals surface area (Å²) in [5, 5.41) is 3.46. The Morgan fingerprint density at radius 1 is 1.10 bits per heavy atom. The van der Waals surface area contributed by atoms with Gasteiger partial charge in [0.15, 0.2) is 0 Å². The molecule has 21 heavy (non-hydrogen) atoms. The smallest absolute Gasteiger partial charge is 0.146 e. The molecule has 1 aliphatic rings. The van der Waals surface area contributed by atoms with Gasteiger partial charge in [0, 0.05) is 18.7 Å². The molecule has 0 unspecified atom stereocenters. The van der Waals surface area contributed by atoms with Crippen LogP contribution in [-0.4, -0.2) is 6.04 Å². The molecule has 1 saturated carbocycles. The molecule has 0 atom stereocenters. The average Bonchev–Trinajstić information content (AvgIpc) is 3.23. The van der Waals surface area contributed by atoms with E-state index in [1.54, 1.807) is 6.07 Å². The molecule has 3 rings (SSSR count). The van der Waals surface area contributed by atoms with Crippen LogP contribution in [0.3, 0.4) is 0 Å². The summed E-state index contributed by atoms with van der Waals surface area (Å²) in [4.78, 5) is 0. The predicted molar refractivity (Wildman–Crippen MR) is 77.7 cm³/mol. The standard InChI is InChI=1S/C16H14ClF2NO/c17-15-8-11(18)1-4-16(15)21-14-6-10(5-12(19)7-14)9-20-13-2-3-13/h1,4-8,13,20H,2-3,9H2. The maximum Gasteiger partial charge on any atom is 0.146 e. The van der Waals surface area contributed by atoms with Crippen molar-refractivity contribution in [2.24, 2.45) is 0 Å². The first kappa shape index (κ1) is 14.3. The summed E-state index contributed by atoms with van der Waals surface area (Å²) in [6, 6.07) is 8.86. The first-order valence-electron chi connectivity index (χ1n) is 6.76. The van der Waals surface area contributed by atoms with Gasteiger partial charge in [0.2, 0.25) is 0 Å². The number of benzene rings is 2. The second-order valence-electron chi connectivity index (χ2n) is 5.13. The average molecular weight is 310 g/mol. The van der Waals surface area contributed by atoms with Gasteiger partial charge in [-0.2, -0.15) is 0 Å². The monoisotopic (exact) mass is 309 g/mol. The lowest BCUT2D eigenvalue weighted by Crippen LogP contribution is -2.15. The molecular formula is C16H14ClF2NO. The van der Waals surface area contributed by atoms with Gasteiger partial charge in [-0.1, -0.05) is 11.6 Å². The van der Waals surface area contributed by atoms with Crippen molar-refractivity contribution in [2.75, 3.05) is 0 Å². The van der Waals surface area contributed by atoms with Crippen LogP contribution in [0, 0.1) is 11.6 Å². The zero-order valence-corrected chi connectivity index (χ0v) is 12.0. The normalized spacial score (nSPS) is 14.2. The molecule has 2 nitrogen and oxygen atoms in total. The van der Waals surface area contributed by atoms with Gasteiger partial charge >= 0.3 is 0 Å². The third-order valence-corrected chi connectivity index (χ3v) is 3.52. The highest BCUT2D eigenvalue weighted by molar-refractivity contribution is 6.32. The minimum absolute atomic E-state index is 0.150. The first-order chi connectivity index (χ1) is 10.1. The Morgan fingerprint density at radius 3 is 2.62 bits per heavy atom. The molecule has 1 aliphatic carbocycles. The third-order valence-electron chi connectivity index (χ3n) is 3.23. The van der Waals surface area contributed by atoms with Crippen LogP contribution in [0.4, 0.5) is 8.78 Å².